The van der Waals surface area contributed by atoms with Gasteiger partial charge in [-0.15, -0.1) is 0 Å². The van der Waals surface area contributed by atoms with Gasteiger partial charge >= 0.3 is 5.97 Å². The summed E-state index contributed by atoms with van der Waals surface area (Å²) in [6, 6.07) is 26.5. The van der Waals surface area contributed by atoms with Gasteiger partial charge in [-0.05, 0) is 29.3 Å². The molecule has 0 saturated carbocycles. The molecule has 0 atom stereocenters. The molecular formula is C27H23NO3. The van der Waals surface area contributed by atoms with Gasteiger partial charge in [-0.25, -0.2) is 4.79 Å². The monoisotopic (exact) mass is 409 g/mol. The van der Waals surface area contributed by atoms with E-state index in [0.29, 0.717) is 6.61 Å². The van der Waals surface area contributed by atoms with Crippen molar-refractivity contribution in [2.24, 2.45) is 0 Å². The molecular weight excluding hydrogens is 386 g/mol. The molecule has 1 N–H and O–H groups in total. The maximum absolute atomic E-state index is 10.7. The van der Waals surface area contributed by atoms with Gasteiger partial charge in [0.05, 0.1) is 0 Å². The normalized spacial score (nSPS) is 11.5. The first-order valence-corrected chi connectivity index (χ1v) is 10.1. The first kappa shape index (κ1) is 20.2. The SMILES string of the molecule is O=C(O)C=CC=Cc1cn(Cc2ccccc2)c2ccc(OCc3ccccc3)cc12. The van der Waals surface area contributed by atoms with Gasteiger partial charge in [-0.1, -0.05) is 78.9 Å². The van der Waals surface area contributed by atoms with Crippen molar-refractivity contribution >= 4 is 22.9 Å². The minimum Gasteiger partial charge on any atom is -0.489 e. The van der Waals surface area contributed by atoms with Crippen molar-refractivity contribution in [3.05, 3.63) is 120 Å². The predicted molar refractivity (Wildman–Crippen MR) is 124 cm³/mol. The van der Waals surface area contributed by atoms with Crippen molar-refractivity contribution in [1.82, 2.24) is 4.57 Å². The lowest BCUT2D eigenvalue weighted by atomic mass is 10.1. The summed E-state index contributed by atoms with van der Waals surface area (Å²) in [6.07, 6.45) is 8.40. The third kappa shape index (κ3) is 5.31. The molecule has 4 aromatic rings. The third-order valence-electron chi connectivity index (χ3n) is 4.95. The maximum atomic E-state index is 10.7. The number of carboxylic acid groups (broad SMARTS) is 1. The lowest BCUT2D eigenvalue weighted by Gasteiger charge is -2.08. The van der Waals surface area contributed by atoms with Crippen LogP contribution in [0.3, 0.4) is 0 Å². The zero-order valence-corrected chi connectivity index (χ0v) is 17.0. The van der Waals surface area contributed by atoms with Gasteiger partial charge in [0.1, 0.15) is 12.4 Å². The second-order valence-corrected chi connectivity index (χ2v) is 7.21. The molecule has 0 amide bonds. The van der Waals surface area contributed by atoms with Crippen LogP contribution in [0.15, 0.2) is 103 Å². The minimum atomic E-state index is -0.965. The van der Waals surface area contributed by atoms with Gasteiger partial charge in [0.25, 0.3) is 0 Å². The number of rotatable bonds is 8. The average molecular weight is 409 g/mol. The highest BCUT2D eigenvalue weighted by atomic mass is 16.5. The van der Waals surface area contributed by atoms with E-state index >= 15 is 0 Å². The van der Waals surface area contributed by atoms with Crippen LogP contribution in [-0.2, 0) is 17.9 Å². The quantitative estimate of drug-likeness (QED) is 0.290. The fourth-order valence-electron chi connectivity index (χ4n) is 3.48. The van der Waals surface area contributed by atoms with Gasteiger partial charge in [0, 0.05) is 35.3 Å². The molecule has 0 unspecified atom stereocenters. The summed E-state index contributed by atoms with van der Waals surface area (Å²) in [5, 5.41) is 9.86. The molecule has 4 rings (SSSR count). The zero-order chi connectivity index (χ0) is 21.5. The highest BCUT2D eigenvalue weighted by Crippen LogP contribution is 2.28. The van der Waals surface area contributed by atoms with Crippen molar-refractivity contribution < 1.29 is 14.6 Å². The van der Waals surface area contributed by atoms with Crippen molar-refractivity contribution in [2.75, 3.05) is 0 Å². The summed E-state index contributed by atoms with van der Waals surface area (Å²) in [6.45, 7) is 1.25. The maximum Gasteiger partial charge on any atom is 0.328 e. The molecule has 0 saturated heterocycles. The van der Waals surface area contributed by atoms with Crippen LogP contribution in [0.1, 0.15) is 16.7 Å². The smallest absolute Gasteiger partial charge is 0.328 e. The summed E-state index contributed by atoms with van der Waals surface area (Å²) in [4.78, 5) is 10.7. The molecule has 0 spiro atoms. The average Bonchev–Trinajstić information content (AvgIpc) is 3.13. The molecule has 154 valence electrons. The number of fused-ring (bicyclic) bond motifs is 1. The first-order valence-electron chi connectivity index (χ1n) is 10.1. The molecule has 0 fully saturated rings. The summed E-state index contributed by atoms with van der Waals surface area (Å²) in [5.74, 6) is -0.169. The Morgan fingerprint density at radius 2 is 1.61 bits per heavy atom. The fraction of sp³-hybridized carbons (Fsp3) is 0.0741. The predicted octanol–water partition coefficient (Wildman–Crippen LogP) is 5.92. The molecule has 0 aliphatic carbocycles. The number of carboxylic acids is 1. The molecule has 0 bridgehead atoms. The van der Waals surface area contributed by atoms with Crippen LogP contribution in [0.5, 0.6) is 5.75 Å². The molecule has 0 aliphatic rings. The summed E-state index contributed by atoms with van der Waals surface area (Å²) < 4.78 is 8.22. The van der Waals surface area contributed by atoms with Gasteiger partial charge in [-0.3, -0.25) is 0 Å². The number of benzene rings is 3. The van der Waals surface area contributed by atoms with Crippen LogP contribution >= 0.6 is 0 Å². The highest BCUT2D eigenvalue weighted by Gasteiger charge is 2.09. The molecule has 31 heavy (non-hydrogen) atoms. The van der Waals surface area contributed by atoms with Gasteiger partial charge in [0.2, 0.25) is 0 Å². The second kappa shape index (κ2) is 9.63. The van der Waals surface area contributed by atoms with E-state index in [0.717, 1.165) is 40.4 Å². The molecule has 4 nitrogen and oxygen atoms in total. The number of ether oxygens (including phenoxy) is 1. The Morgan fingerprint density at radius 1 is 0.903 bits per heavy atom. The Labute approximate surface area is 181 Å². The minimum absolute atomic E-state index is 0.504. The topological polar surface area (TPSA) is 51.5 Å². The highest BCUT2D eigenvalue weighted by molar-refractivity contribution is 5.91. The van der Waals surface area contributed by atoms with Crippen molar-refractivity contribution in [3.63, 3.8) is 0 Å². The Kier molecular flexibility index (Phi) is 6.29. The number of nitrogens with zero attached hydrogens (tertiary/aromatic N) is 1. The fourth-order valence-corrected chi connectivity index (χ4v) is 3.48. The molecule has 3 aromatic carbocycles. The zero-order valence-electron chi connectivity index (χ0n) is 17.0. The van der Waals surface area contributed by atoms with E-state index in [1.807, 2.05) is 66.7 Å². The summed E-state index contributed by atoms with van der Waals surface area (Å²) in [5.41, 5.74) is 4.43. The number of hydrogen-bond donors (Lipinski definition) is 1. The summed E-state index contributed by atoms with van der Waals surface area (Å²) >= 11 is 0. The Hall–Kier alpha value is -4.05. The molecule has 0 radical (unpaired) electrons. The van der Waals surface area contributed by atoms with Crippen molar-refractivity contribution in [3.8, 4) is 5.75 Å². The third-order valence-corrected chi connectivity index (χ3v) is 4.95. The van der Waals surface area contributed by atoms with E-state index in [2.05, 4.69) is 29.0 Å². The Balaban J connectivity index is 1.65. The first-order chi connectivity index (χ1) is 15.2. The number of aromatic nitrogens is 1. The molecule has 1 aromatic heterocycles. The summed E-state index contributed by atoms with van der Waals surface area (Å²) in [7, 11) is 0. The Morgan fingerprint density at radius 3 is 2.32 bits per heavy atom. The van der Waals surface area contributed by atoms with E-state index in [4.69, 9.17) is 9.84 Å². The van der Waals surface area contributed by atoms with Crippen LogP contribution in [0.2, 0.25) is 0 Å². The number of carbonyl (C=O) groups is 1. The number of aliphatic carboxylic acids is 1. The van der Waals surface area contributed by atoms with Crippen molar-refractivity contribution in [2.45, 2.75) is 13.2 Å². The molecule has 0 aliphatic heterocycles. The van der Waals surface area contributed by atoms with Gasteiger partial charge in [0.15, 0.2) is 0 Å². The van der Waals surface area contributed by atoms with Crippen LogP contribution in [0.25, 0.3) is 17.0 Å². The van der Waals surface area contributed by atoms with Crippen LogP contribution in [0, 0.1) is 0 Å². The van der Waals surface area contributed by atoms with Crippen LogP contribution in [-0.4, -0.2) is 15.6 Å². The van der Waals surface area contributed by atoms with E-state index in [1.54, 1.807) is 6.08 Å². The number of hydrogen-bond acceptors (Lipinski definition) is 2. The van der Waals surface area contributed by atoms with Crippen LogP contribution < -0.4 is 4.74 Å². The van der Waals surface area contributed by atoms with E-state index in [-0.39, 0.29) is 0 Å². The van der Waals surface area contributed by atoms with E-state index < -0.39 is 5.97 Å². The lowest BCUT2D eigenvalue weighted by molar-refractivity contribution is -0.131. The van der Waals surface area contributed by atoms with E-state index in [1.165, 1.54) is 11.6 Å². The molecule has 1 heterocycles. The number of allylic oxidation sites excluding steroid dienone is 2. The lowest BCUT2D eigenvalue weighted by Crippen LogP contribution is -1.98. The van der Waals surface area contributed by atoms with Gasteiger partial charge in [-0.2, -0.15) is 0 Å². The van der Waals surface area contributed by atoms with Gasteiger partial charge < -0.3 is 14.4 Å². The molecule has 4 heteroatoms. The van der Waals surface area contributed by atoms with Crippen LogP contribution in [0.4, 0.5) is 0 Å². The largest absolute Gasteiger partial charge is 0.489 e. The standard InChI is InChI=1S/C27H23NO3/c29-27(30)14-8-7-13-23-19-28(18-21-9-3-1-4-10-21)26-16-15-24(17-25(23)26)31-20-22-11-5-2-6-12-22/h1-17,19H,18,20H2,(H,29,30). The van der Waals surface area contributed by atoms with E-state index in [9.17, 15) is 4.79 Å². The second-order valence-electron chi connectivity index (χ2n) is 7.21. The van der Waals surface area contributed by atoms with Crippen molar-refractivity contribution in [1.29, 1.82) is 0 Å². The Bertz CT molecular complexity index is 1220.